The molecular weight excluding hydrogens is 414 g/mol. The molecule has 0 saturated carbocycles. The van der Waals surface area contributed by atoms with E-state index in [9.17, 15) is 24.3 Å². The predicted octanol–water partition coefficient (Wildman–Crippen LogP) is -0.719. The second-order valence-corrected chi connectivity index (χ2v) is 7.86. The number of benzene rings is 1. The molecule has 2 rings (SSSR count). The van der Waals surface area contributed by atoms with Gasteiger partial charge in [0.15, 0.2) is 0 Å². The Morgan fingerprint density at radius 3 is 2.47 bits per heavy atom. The van der Waals surface area contributed by atoms with Gasteiger partial charge in [0.1, 0.15) is 12.1 Å². The first-order valence-electron chi connectivity index (χ1n) is 11.0. The average molecular weight is 448 g/mol. The number of nitrogens with two attached hydrogens (primary N) is 1. The summed E-state index contributed by atoms with van der Waals surface area (Å²) < 4.78 is 0. The number of nitrogens with one attached hydrogen (secondary N) is 4. The smallest absolute Gasteiger partial charge is 0.326 e. The molecule has 7 N–H and O–H groups in total. The molecule has 1 heterocycles. The van der Waals surface area contributed by atoms with Gasteiger partial charge in [-0.05, 0) is 50.8 Å². The predicted molar refractivity (Wildman–Crippen MR) is 119 cm³/mol. The zero-order valence-electron chi connectivity index (χ0n) is 18.1. The first-order chi connectivity index (χ1) is 15.4. The van der Waals surface area contributed by atoms with Crippen LogP contribution in [0.25, 0.3) is 0 Å². The summed E-state index contributed by atoms with van der Waals surface area (Å²) >= 11 is 0. The van der Waals surface area contributed by atoms with E-state index in [0.29, 0.717) is 32.2 Å². The van der Waals surface area contributed by atoms with Gasteiger partial charge in [0.25, 0.3) is 0 Å². The van der Waals surface area contributed by atoms with Gasteiger partial charge >= 0.3 is 5.97 Å². The summed E-state index contributed by atoms with van der Waals surface area (Å²) in [6.45, 7) is 0.852. The van der Waals surface area contributed by atoms with Crippen molar-refractivity contribution < 1.29 is 24.3 Å². The fraction of sp³-hybridized carbons (Fsp3) is 0.545. The third-order valence-corrected chi connectivity index (χ3v) is 5.30. The molecule has 10 heteroatoms. The highest BCUT2D eigenvalue weighted by Gasteiger charge is 2.27. The van der Waals surface area contributed by atoms with E-state index in [-0.39, 0.29) is 24.9 Å². The lowest BCUT2D eigenvalue weighted by Crippen LogP contribution is -2.53. The van der Waals surface area contributed by atoms with E-state index >= 15 is 0 Å². The van der Waals surface area contributed by atoms with Crippen LogP contribution in [0.15, 0.2) is 30.3 Å². The molecule has 176 valence electrons. The van der Waals surface area contributed by atoms with Crippen LogP contribution in [-0.4, -0.2) is 66.6 Å². The maximum Gasteiger partial charge on any atom is 0.326 e. The van der Waals surface area contributed by atoms with E-state index in [1.807, 2.05) is 6.07 Å². The highest BCUT2D eigenvalue weighted by molar-refractivity contribution is 5.92. The van der Waals surface area contributed by atoms with Crippen LogP contribution in [0.5, 0.6) is 0 Å². The SMILES string of the molecule is NCCCC[C@H](NC(=O)[C@@H]1CCCN1)C(=O)NCC(=O)N[C@@H](Cc1ccccc1)C(=O)O. The van der Waals surface area contributed by atoms with Crippen LogP contribution in [0.3, 0.4) is 0 Å². The monoisotopic (exact) mass is 447 g/mol. The van der Waals surface area contributed by atoms with Gasteiger partial charge in [-0.1, -0.05) is 30.3 Å². The van der Waals surface area contributed by atoms with E-state index in [1.54, 1.807) is 24.3 Å². The fourth-order valence-electron chi connectivity index (χ4n) is 3.53. The standard InChI is InChI=1S/C22H33N5O5/c23-11-5-4-9-17(27-21(30)16-10-6-12-24-16)20(29)25-14-19(28)26-18(22(31)32)13-15-7-2-1-3-8-15/h1-3,7-8,16-18,24H,4-6,9-14,23H2,(H,25,29)(H,26,28)(H,27,30)(H,31,32)/t16-,17-,18-/m0/s1. The summed E-state index contributed by atoms with van der Waals surface area (Å²) in [4.78, 5) is 48.8. The molecule has 1 aliphatic heterocycles. The number of carbonyl (C=O) groups excluding carboxylic acids is 3. The number of carboxylic acid groups (broad SMARTS) is 1. The van der Waals surface area contributed by atoms with Crippen LogP contribution in [-0.2, 0) is 25.6 Å². The van der Waals surface area contributed by atoms with Crippen molar-refractivity contribution in [3.05, 3.63) is 35.9 Å². The van der Waals surface area contributed by atoms with Gasteiger partial charge < -0.3 is 32.1 Å². The van der Waals surface area contributed by atoms with Gasteiger partial charge in [-0.2, -0.15) is 0 Å². The van der Waals surface area contributed by atoms with Crippen LogP contribution in [0.4, 0.5) is 0 Å². The van der Waals surface area contributed by atoms with Gasteiger partial charge in [0.05, 0.1) is 12.6 Å². The van der Waals surface area contributed by atoms with Crippen molar-refractivity contribution >= 4 is 23.7 Å². The molecular formula is C22H33N5O5. The quantitative estimate of drug-likeness (QED) is 0.217. The highest BCUT2D eigenvalue weighted by atomic mass is 16.4. The Hall–Kier alpha value is -2.98. The first-order valence-corrected chi connectivity index (χ1v) is 11.0. The summed E-state index contributed by atoms with van der Waals surface area (Å²) in [5, 5.41) is 20.2. The molecule has 0 aromatic heterocycles. The Morgan fingerprint density at radius 2 is 1.84 bits per heavy atom. The molecule has 3 atom stereocenters. The van der Waals surface area contributed by atoms with Crippen molar-refractivity contribution in [1.82, 2.24) is 21.3 Å². The van der Waals surface area contributed by atoms with Crippen LogP contribution < -0.4 is 27.0 Å². The normalized spacial score (nSPS) is 17.2. The third kappa shape index (κ3) is 8.64. The molecule has 0 bridgehead atoms. The molecule has 1 aliphatic rings. The minimum atomic E-state index is -1.16. The van der Waals surface area contributed by atoms with Crippen LogP contribution in [0, 0.1) is 0 Å². The number of amides is 3. The molecule has 1 aromatic rings. The number of carboxylic acids is 1. The van der Waals surface area contributed by atoms with Crippen LogP contribution >= 0.6 is 0 Å². The lowest BCUT2D eigenvalue weighted by molar-refractivity contribution is -0.141. The number of aliphatic carboxylic acids is 1. The molecule has 3 amide bonds. The van der Waals surface area contributed by atoms with E-state index in [1.165, 1.54) is 0 Å². The minimum Gasteiger partial charge on any atom is -0.480 e. The Kier molecular flexibility index (Phi) is 10.6. The Morgan fingerprint density at radius 1 is 1.09 bits per heavy atom. The summed E-state index contributed by atoms with van der Waals surface area (Å²) in [5.41, 5.74) is 6.29. The van der Waals surface area contributed by atoms with Gasteiger partial charge in [-0.25, -0.2) is 4.79 Å². The molecule has 1 aromatic carbocycles. The van der Waals surface area contributed by atoms with Crippen LogP contribution in [0.2, 0.25) is 0 Å². The van der Waals surface area contributed by atoms with Gasteiger partial charge in [0.2, 0.25) is 17.7 Å². The zero-order valence-corrected chi connectivity index (χ0v) is 18.1. The average Bonchev–Trinajstić information content (AvgIpc) is 3.32. The maximum absolute atomic E-state index is 12.6. The van der Waals surface area contributed by atoms with E-state index in [4.69, 9.17) is 5.73 Å². The van der Waals surface area contributed by atoms with E-state index in [2.05, 4.69) is 21.3 Å². The Labute approximate surface area is 187 Å². The first kappa shape index (κ1) is 25.3. The van der Waals surface area contributed by atoms with E-state index in [0.717, 1.165) is 18.5 Å². The van der Waals surface area contributed by atoms with E-state index < -0.39 is 29.9 Å². The fourth-order valence-corrected chi connectivity index (χ4v) is 3.53. The largest absolute Gasteiger partial charge is 0.480 e. The summed E-state index contributed by atoms with van der Waals surface area (Å²) in [6.07, 6.45) is 3.50. The molecule has 0 spiro atoms. The second kappa shape index (κ2) is 13.4. The van der Waals surface area contributed by atoms with Crippen molar-refractivity contribution in [1.29, 1.82) is 0 Å². The topological polar surface area (TPSA) is 163 Å². The summed E-state index contributed by atoms with van der Waals surface area (Å²) in [6, 6.07) is 6.72. The maximum atomic E-state index is 12.6. The Balaban J connectivity index is 1.87. The van der Waals surface area contributed by atoms with Crippen molar-refractivity contribution in [2.24, 2.45) is 5.73 Å². The minimum absolute atomic E-state index is 0.127. The molecule has 10 nitrogen and oxygen atoms in total. The number of hydrogen-bond donors (Lipinski definition) is 6. The molecule has 0 aliphatic carbocycles. The van der Waals surface area contributed by atoms with Crippen molar-refractivity contribution in [3.8, 4) is 0 Å². The lowest BCUT2D eigenvalue weighted by atomic mass is 10.1. The van der Waals surface area contributed by atoms with Crippen molar-refractivity contribution in [3.63, 3.8) is 0 Å². The number of hydrogen-bond acceptors (Lipinski definition) is 6. The third-order valence-electron chi connectivity index (χ3n) is 5.30. The summed E-state index contributed by atoms with van der Waals surface area (Å²) in [5.74, 6) is -2.51. The zero-order chi connectivity index (χ0) is 23.3. The summed E-state index contributed by atoms with van der Waals surface area (Å²) in [7, 11) is 0. The number of unbranched alkanes of at least 4 members (excludes halogenated alkanes) is 1. The highest BCUT2D eigenvalue weighted by Crippen LogP contribution is 2.07. The molecule has 1 saturated heterocycles. The molecule has 0 unspecified atom stereocenters. The van der Waals surface area contributed by atoms with Gasteiger partial charge in [-0.3, -0.25) is 14.4 Å². The van der Waals surface area contributed by atoms with Crippen molar-refractivity contribution in [2.45, 2.75) is 56.7 Å². The number of carbonyl (C=O) groups is 4. The second-order valence-electron chi connectivity index (χ2n) is 7.86. The van der Waals surface area contributed by atoms with Crippen LogP contribution in [0.1, 0.15) is 37.7 Å². The van der Waals surface area contributed by atoms with Gasteiger partial charge in [-0.15, -0.1) is 0 Å². The molecule has 0 radical (unpaired) electrons. The number of rotatable bonds is 13. The Bertz CT molecular complexity index is 767. The van der Waals surface area contributed by atoms with Crippen molar-refractivity contribution in [2.75, 3.05) is 19.6 Å². The van der Waals surface area contributed by atoms with Gasteiger partial charge in [0, 0.05) is 6.42 Å². The molecule has 1 fully saturated rings. The molecule has 32 heavy (non-hydrogen) atoms. The lowest BCUT2D eigenvalue weighted by Gasteiger charge is -2.21.